The van der Waals surface area contributed by atoms with Gasteiger partial charge < -0.3 is 4.98 Å². The standard InChI is InChI=1S/C15H14N4OS2/c1-9(2)19(14(20)10-5-7-16-8-6-10)12-4-3-11-13(18-12)22-15(21)17-11/h3-9H,1-2H3,(H,17,21). The third kappa shape index (κ3) is 2.77. The van der Waals surface area contributed by atoms with Crippen LogP contribution in [0.3, 0.4) is 0 Å². The average molecular weight is 330 g/mol. The van der Waals surface area contributed by atoms with Gasteiger partial charge in [0.1, 0.15) is 10.6 Å². The molecule has 3 aromatic heterocycles. The van der Waals surface area contributed by atoms with Gasteiger partial charge in [-0.05, 0) is 50.3 Å². The Morgan fingerprint density at radius 1 is 1.27 bits per heavy atom. The fraction of sp³-hybridized carbons (Fsp3) is 0.200. The van der Waals surface area contributed by atoms with Gasteiger partial charge in [0.25, 0.3) is 5.91 Å². The molecule has 3 heterocycles. The van der Waals surface area contributed by atoms with Crippen molar-refractivity contribution in [2.75, 3.05) is 4.90 Å². The van der Waals surface area contributed by atoms with Crippen molar-refractivity contribution in [1.29, 1.82) is 0 Å². The lowest BCUT2D eigenvalue weighted by molar-refractivity contribution is 0.0979. The highest BCUT2D eigenvalue weighted by molar-refractivity contribution is 7.73. The molecule has 0 saturated heterocycles. The van der Waals surface area contributed by atoms with Crippen molar-refractivity contribution < 1.29 is 4.79 Å². The van der Waals surface area contributed by atoms with Gasteiger partial charge in [-0.3, -0.25) is 14.7 Å². The number of anilines is 1. The van der Waals surface area contributed by atoms with Gasteiger partial charge in [-0.1, -0.05) is 11.3 Å². The summed E-state index contributed by atoms with van der Waals surface area (Å²) in [5, 5.41) is 0. The molecule has 3 rings (SSSR count). The van der Waals surface area contributed by atoms with E-state index >= 15 is 0 Å². The molecule has 0 aliphatic carbocycles. The van der Waals surface area contributed by atoms with E-state index in [0.29, 0.717) is 15.3 Å². The highest BCUT2D eigenvalue weighted by atomic mass is 32.1. The molecule has 0 saturated carbocycles. The Balaban J connectivity index is 2.06. The fourth-order valence-corrected chi connectivity index (χ4v) is 3.25. The molecule has 1 amide bonds. The van der Waals surface area contributed by atoms with Gasteiger partial charge in [0.15, 0.2) is 3.95 Å². The molecular weight excluding hydrogens is 316 g/mol. The second-order valence-corrected chi connectivity index (χ2v) is 6.71. The van der Waals surface area contributed by atoms with Crippen molar-refractivity contribution in [3.63, 3.8) is 0 Å². The summed E-state index contributed by atoms with van der Waals surface area (Å²) in [6, 6.07) is 7.13. The fourth-order valence-electron chi connectivity index (χ4n) is 2.20. The Bertz CT molecular complexity index is 870. The van der Waals surface area contributed by atoms with Crippen LogP contribution in [-0.2, 0) is 0 Å². The van der Waals surface area contributed by atoms with Gasteiger partial charge in [0, 0.05) is 24.0 Å². The van der Waals surface area contributed by atoms with E-state index in [1.54, 1.807) is 29.4 Å². The Labute approximate surface area is 136 Å². The van der Waals surface area contributed by atoms with E-state index in [9.17, 15) is 4.79 Å². The van der Waals surface area contributed by atoms with Crippen molar-refractivity contribution in [2.45, 2.75) is 19.9 Å². The second-order valence-electron chi connectivity index (χ2n) is 5.04. The molecule has 0 unspecified atom stereocenters. The van der Waals surface area contributed by atoms with Crippen LogP contribution >= 0.6 is 23.6 Å². The molecule has 1 N–H and O–H groups in total. The van der Waals surface area contributed by atoms with Crippen LogP contribution in [0.2, 0.25) is 0 Å². The zero-order valence-electron chi connectivity index (χ0n) is 12.1. The Morgan fingerprint density at radius 2 is 2.00 bits per heavy atom. The van der Waals surface area contributed by atoms with E-state index in [2.05, 4.69) is 15.0 Å². The lowest BCUT2D eigenvalue weighted by atomic mass is 10.2. The Morgan fingerprint density at radius 3 is 2.68 bits per heavy atom. The Kier molecular flexibility index (Phi) is 4.00. The number of aromatic nitrogens is 3. The first kappa shape index (κ1) is 14.8. The number of rotatable bonds is 3. The van der Waals surface area contributed by atoms with Crippen LogP contribution in [-0.4, -0.2) is 26.9 Å². The average Bonchev–Trinajstić information content (AvgIpc) is 2.87. The molecule has 0 aliphatic heterocycles. The number of fused-ring (bicyclic) bond motifs is 1. The van der Waals surface area contributed by atoms with Crippen LogP contribution in [0.4, 0.5) is 5.82 Å². The smallest absolute Gasteiger partial charge is 0.259 e. The first-order chi connectivity index (χ1) is 10.6. The Hall–Kier alpha value is -2.12. The molecule has 0 aromatic carbocycles. The van der Waals surface area contributed by atoms with Crippen molar-refractivity contribution in [3.8, 4) is 0 Å². The predicted octanol–water partition coefficient (Wildman–Crippen LogP) is 3.80. The monoisotopic (exact) mass is 330 g/mol. The number of thiazole rings is 1. The largest absolute Gasteiger partial charge is 0.336 e. The van der Waals surface area contributed by atoms with Crippen LogP contribution in [0.1, 0.15) is 24.2 Å². The zero-order valence-corrected chi connectivity index (χ0v) is 13.7. The zero-order chi connectivity index (χ0) is 15.7. The molecule has 112 valence electrons. The first-order valence-electron chi connectivity index (χ1n) is 6.79. The van der Waals surface area contributed by atoms with Crippen molar-refractivity contribution >= 4 is 45.6 Å². The number of carbonyl (C=O) groups excluding carboxylic acids is 1. The summed E-state index contributed by atoms with van der Waals surface area (Å²) in [5.41, 5.74) is 1.48. The molecule has 0 spiro atoms. The van der Waals surface area contributed by atoms with Crippen LogP contribution < -0.4 is 4.90 Å². The normalized spacial score (nSPS) is 11.0. The number of hydrogen-bond acceptors (Lipinski definition) is 5. The molecule has 22 heavy (non-hydrogen) atoms. The van der Waals surface area contributed by atoms with Crippen LogP contribution in [0.25, 0.3) is 10.3 Å². The first-order valence-corrected chi connectivity index (χ1v) is 8.02. The molecule has 5 nitrogen and oxygen atoms in total. The quantitative estimate of drug-likeness (QED) is 0.742. The third-order valence-corrected chi connectivity index (χ3v) is 4.33. The van der Waals surface area contributed by atoms with Crippen molar-refractivity contribution in [1.82, 2.24) is 15.0 Å². The number of pyridine rings is 2. The maximum atomic E-state index is 12.8. The lowest BCUT2D eigenvalue weighted by Gasteiger charge is -2.25. The topological polar surface area (TPSA) is 61.9 Å². The van der Waals surface area contributed by atoms with Gasteiger partial charge in [-0.15, -0.1) is 0 Å². The number of nitrogens with one attached hydrogen (secondary N) is 1. The molecule has 7 heteroatoms. The lowest BCUT2D eigenvalue weighted by Crippen LogP contribution is -2.37. The van der Waals surface area contributed by atoms with E-state index in [4.69, 9.17) is 12.2 Å². The van der Waals surface area contributed by atoms with Crippen molar-refractivity contribution in [2.24, 2.45) is 0 Å². The van der Waals surface area contributed by atoms with E-state index < -0.39 is 0 Å². The summed E-state index contributed by atoms with van der Waals surface area (Å²) < 4.78 is 0.677. The molecule has 0 atom stereocenters. The molecule has 0 aliphatic rings. The van der Waals surface area contributed by atoms with Gasteiger partial charge in [0.2, 0.25) is 0 Å². The maximum Gasteiger partial charge on any atom is 0.259 e. The summed E-state index contributed by atoms with van der Waals surface area (Å²) in [7, 11) is 0. The molecule has 0 radical (unpaired) electrons. The SMILES string of the molecule is CC(C)N(C(=O)c1ccncc1)c1ccc2[nH]c(=S)sc2n1. The van der Waals surface area contributed by atoms with E-state index in [1.807, 2.05) is 26.0 Å². The minimum absolute atomic E-state index is 0.0162. The summed E-state index contributed by atoms with van der Waals surface area (Å²) in [6.45, 7) is 3.92. The summed E-state index contributed by atoms with van der Waals surface area (Å²) in [6.07, 6.45) is 3.22. The van der Waals surface area contributed by atoms with E-state index in [-0.39, 0.29) is 11.9 Å². The number of carbonyl (C=O) groups is 1. The van der Waals surface area contributed by atoms with Crippen LogP contribution in [0, 0.1) is 3.95 Å². The molecule has 3 aromatic rings. The van der Waals surface area contributed by atoms with Crippen LogP contribution in [0.15, 0.2) is 36.7 Å². The van der Waals surface area contributed by atoms with Crippen LogP contribution in [0.5, 0.6) is 0 Å². The number of nitrogens with zero attached hydrogens (tertiary/aromatic N) is 3. The van der Waals surface area contributed by atoms with Gasteiger partial charge in [-0.2, -0.15) is 0 Å². The third-order valence-electron chi connectivity index (χ3n) is 3.18. The second kappa shape index (κ2) is 5.94. The van der Waals surface area contributed by atoms with Gasteiger partial charge >= 0.3 is 0 Å². The summed E-state index contributed by atoms with van der Waals surface area (Å²) >= 11 is 6.54. The maximum absolute atomic E-state index is 12.8. The summed E-state index contributed by atoms with van der Waals surface area (Å²) in [4.78, 5) is 26.8. The van der Waals surface area contributed by atoms with Gasteiger partial charge in [-0.25, -0.2) is 4.98 Å². The number of hydrogen-bond donors (Lipinski definition) is 1. The van der Waals surface area contributed by atoms with E-state index in [1.165, 1.54) is 11.3 Å². The highest BCUT2D eigenvalue weighted by Gasteiger charge is 2.22. The number of H-pyrrole nitrogens is 1. The number of amides is 1. The predicted molar refractivity (Wildman–Crippen MR) is 91.0 cm³/mol. The summed E-state index contributed by atoms with van der Waals surface area (Å²) in [5.74, 6) is 0.526. The highest BCUT2D eigenvalue weighted by Crippen LogP contribution is 2.24. The van der Waals surface area contributed by atoms with E-state index in [0.717, 1.165) is 10.3 Å². The number of aromatic amines is 1. The van der Waals surface area contributed by atoms with Gasteiger partial charge in [0.05, 0.1) is 5.52 Å². The molecule has 0 bridgehead atoms. The minimum atomic E-state index is -0.0941. The minimum Gasteiger partial charge on any atom is -0.336 e. The van der Waals surface area contributed by atoms with Crippen molar-refractivity contribution in [3.05, 3.63) is 46.2 Å². The molecular formula is C15H14N4OS2. The molecule has 0 fully saturated rings.